The van der Waals surface area contributed by atoms with E-state index in [1.54, 1.807) is 31.6 Å². The average Bonchev–Trinajstić information content (AvgIpc) is 3.11. The fraction of sp³-hybridized carbons (Fsp3) is 0.389. The fourth-order valence-electron chi connectivity index (χ4n) is 3.03. The first kappa shape index (κ1) is 16.2. The number of aromatic nitrogens is 2. The number of methoxy groups -OCH3 is 1. The van der Waals surface area contributed by atoms with Gasteiger partial charge in [0.25, 0.3) is 5.91 Å². The van der Waals surface area contributed by atoms with Crippen LogP contribution >= 0.6 is 0 Å². The Bertz CT molecular complexity index is 720. The number of ether oxygens (including phenoxy) is 2. The van der Waals surface area contributed by atoms with Crippen LogP contribution in [0, 0.1) is 0 Å². The summed E-state index contributed by atoms with van der Waals surface area (Å²) in [6, 6.07) is 7.34. The maximum atomic E-state index is 12.7. The van der Waals surface area contributed by atoms with Crippen molar-refractivity contribution in [3.05, 3.63) is 47.8 Å². The first-order valence-corrected chi connectivity index (χ1v) is 8.10. The minimum absolute atomic E-state index is 0.00344. The zero-order valence-corrected chi connectivity index (χ0v) is 13.9. The van der Waals surface area contributed by atoms with Gasteiger partial charge in [0.1, 0.15) is 0 Å². The van der Waals surface area contributed by atoms with Crippen molar-refractivity contribution in [1.29, 1.82) is 0 Å². The lowest BCUT2D eigenvalue weighted by Gasteiger charge is -2.17. The van der Waals surface area contributed by atoms with E-state index < -0.39 is 0 Å². The van der Waals surface area contributed by atoms with Crippen LogP contribution in [-0.2, 0) is 0 Å². The molecule has 2 aromatic heterocycles. The van der Waals surface area contributed by atoms with Gasteiger partial charge in [-0.15, -0.1) is 0 Å². The van der Waals surface area contributed by atoms with Crippen LogP contribution in [0.2, 0.25) is 0 Å². The van der Waals surface area contributed by atoms with E-state index in [4.69, 9.17) is 9.47 Å². The standard InChI is InChI=1S/C18H21N3O3/c1-3-24-16-11-13(6-9-19-16)18(22)21-10-7-14(12-21)15-5-4-8-20-17(15)23-2/h4-6,8-9,11,14H,3,7,10,12H2,1-2H3. The number of amides is 1. The van der Waals surface area contributed by atoms with Crippen LogP contribution in [0.1, 0.15) is 35.2 Å². The summed E-state index contributed by atoms with van der Waals surface area (Å²) in [7, 11) is 1.62. The zero-order chi connectivity index (χ0) is 16.9. The van der Waals surface area contributed by atoms with Crippen LogP contribution < -0.4 is 9.47 Å². The molecule has 0 spiro atoms. The monoisotopic (exact) mass is 327 g/mol. The van der Waals surface area contributed by atoms with Crippen molar-refractivity contribution in [3.63, 3.8) is 0 Å². The van der Waals surface area contributed by atoms with Gasteiger partial charge in [-0.1, -0.05) is 6.07 Å². The van der Waals surface area contributed by atoms with E-state index in [0.29, 0.717) is 37.0 Å². The molecule has 1 aliphatic heterocycles. The summed E-state index contributed by atoms with van der Waals surface area (Å²) in [4.78, 5) is 23.0. The Labute approximate surface area is 141 Å². The van der Waals surface area contributed by atoms with Crippen molar-refractivity contribution in [2.75, 3.05) is 26.8 Å². The van der Waals surface area contributed by atoms with E-state index in [2.05, 4.69) is 9.97 Å². The Morgan fingerprint density at radius 2 is 2.21 bits per heavy atom. The number of hydrogen-bond acceptors (Lipinski definition) is 5. The highest BCUT2D eigenvalue weighted by Gasteiger charge is 2.30. The smallest absolute Gasteiger partial charge is 0.254 e. The second-order valence-corrected chi connectivity index (χ2v) is 5.65. The van der Waals surface area contributed by atoms with E-state index in [1.165, 1.54) is 0 Å². The van der Waals surface area contributed by atoms with Gasteiger partial charge in [-0.25, -0.2) is 9.97 Å². The van der Waals surface area contributed by atoms with Gasteiger partial charge < -0.3 is 14.4 Å². The SMILES string of the molecule is CCOc1cc(C(=O)N2CCC(c3cccnc3OC)C2)ccn1. The normalized spacial score (nSPS) is 16.9. The van der Waals surface area contributed by atoms with Crippen molar-refractivity contribution in [2.24, 2.45) is 0 Å². The summed E-state index contributed by atoms with van der Waals surface area (Å²) in [6.07, 6.45) is 4.22. The molecule has 1 unspecified atom stereocenters. The van der Waals surface area contributed by atoms with Gasteiger partial charge in [-0.05, 0) is 25.5 Å². The molecule has 6 heteroatoms. The molecule has 1 amide bonds. The van der Waals surface area contributed by atoms with Crippen LogP contribution in [-0.4, -0.2) is 47.6 Å². The quantitative estimate of drug-likeness (QED) is 0.844. The first-order valence-electron chi connectivity index (χ1n) is 8.10. The highest BCUT2D eigenvalue weighted by molar-refractivity contribution is 5.94. The van der Waals surface area contributed by atoms with Crippen LogP contribution in [0.15, 0.2) is 36.7 Å². The van der Waals surface area contributed by atoms with Gasteiger partial charge in [-0.2, -0.15) is 0 Å². The minimum atomic E-state index is 0.00344. The molecule has 126 valence electrons. The van der Waals surface area contributed by atoms with E-state index in [-0.39, 0.29) is 11.8 Å². The fourth-order valence-corrected chi connectivity index (χ4v) is 3.03. The number of carbonyl (C=O) groups excluding carboxylic acids is 1. The van der Waals surface area contributed by atoms with Gasteiger partial charge in [-0.3, -0.25) is 4.79 Å². The molecule has 6 nitrogen and oxygen atoms in total. The van der Waals surface area contributed by atoms with E-state index >= 15 is 0 Å². The Hall–Kier alpha value is -2.63. The molecule has 24 heavy (non-hydrogen) atoms. The molecule has 0 radical (unpaired) electrons. The van der Waals surface area contributed by atoms with E-state index in [0.717, 1.165) is 12.0 Å². The molecule has 1 saturated heterocycles. The van der Waals surface area contributed by atoms with E-state index in [9.17, 15) is 4.79 Å². The van der Waals surface area contributed by atoms with Gasteiger partial charge in [0.05, 0.1) is 13.7 Å². The largest absolute Gasteiger partial charge is 0.481 e. The predicted molar refractivity (Wildman–Crippen MR) is 89.5 cm³/mol. The summed E-state index contributed by atoms with van der Waals surface area (Å²) >= 11 is 0. The molecule has 1 aliphatic rings. The Balaban J connectivity index is 1.73. The molecule has 0 N–H and O–H groups in total. The Morgan fingerprint density at radius 3 is 3.00 bits per heavy atom. The summed E-state index contributed by atoms with van der Waals surface area (Å²) in [6.45, 7) is 3.79. The molecule has 2 aromatic rings. The van der Waals surface area contributed by atoms with Crippen molar-refractivity contribution < 1.29 is 14.3 Å². The van der Waals surface area contributed by atoms with Crippen LogP contribution in [0.25, 0.3) is 0 Å². The number of nitrogens with zero attached hydrogens (tertiary/aromatic N) is 3. The van der Waals surface area contributed by atoms with Crippen molar-refractivity contribution in [2.45, 2.75) is 19.3 Å². The lowest BCUT2D eigenvalue weighted by molar-refractivity contribution is 0.0790. The van der Waals surface area contributed by atoms with E-state index in [1.807, 2.05) is 24.0 Å². The predicted octanol–water partition coefficient (Wildman–Crippen LogP) is 2.51. The Kier molecular flexibility index (Phi) is 4.93. The highest BCUT2D eigenvalue weighted by Crippen LogP contribution is 2.32. The molecule has 3 heterocycles. The lowest BCUT2D eigenvalue weighted by atomic mass is 10.00. The van der Waals surface area contributed by atoms with Crippen molar-refractivity contribution in [3.8, 4) is 11.8 Å². The molecular formula is C18H21N3O3. The maximum absolute atomic E-state index is 12.7. The van der Waals surface area contributed by atoms with Gasteiger partial charge >= 0.3 is 0 Å². The molecule has 0 aliphatic carbocycles. The third-order valence-electron chi connectivity index (χ3n) is 4.18. The number of pyridine rings is 2. The summed E-state index contributed by atoms with van der Waals surface area (Å²) in [5, 5.41) is 0. The molecule has 3 rings (SSSR count). The lowest BCUT2D eigenvalue weighted by Crippen LogP contribution is -2.28. The third kappa shape index (κ3) is 3.32. The highest BCUT2D eigenvalue weighted by atomic mass is 16.5. The molecular weight excluding hydrogens is 306 g/mol. The number of carbonyl (C=O) groups is 1. The third-order valence-corrected chi connectivity index (χ3v) is 4.18. The summed E-state index contributed by atoms with van der Waals surface area (Å²) in [5.74, 6) is 1.36. The summed E-state index contributed by atoms with van der Waals surface area (Å²) < 4.78 is 10.7. The minimum Gasteiger partial charge on any atom is -0.481 e. The van der Waals surface area contributed by atoms with Crippen molar-refractivity contribution in [1.82, 2.24) is 14.9 Å². The first-order chi connectivity index (χ1) is 11.7. The molecule has 1 fully saturated rings. The van der Waals surface area contributed by atoms with Crippen LogP contribution in [0.5, 0.6) is 11.8 Å². The van der Waals surface area contributed by atoms with Gasteiger partial charge in [0, 0.05) is 48.6 Å². The topological polar surface area (TPSA) is 64.5 Å². The maximum Gasteiger partial charge on any atom is 0.254 e. The number of hydrogen-bond donors (Lipinski definition) is 0. The molecule has 0 aromatic carbocycles. The number of likely N-dealkylation sites (tertiary alicyclic amines) is 1. The second-order valence-electron chi connectivity index (χ2n) is 5.65. The van der Waals surface area contributed by atoms with Crippen molar-refractivity contribution >= 4 is 5.91 Å². The average molecular weight is 327 g/mol. The summed E-state index contributed by atoms with van der Waals surface area (Å²) in [5.41, 5.74) is 1.66. The zero-order valence-electron chi connectivity index (χ0n) is 13.9. The molecule has 1 atom stereocenters. The van der Waals surface area contributed by atoms with Crippen LogP contribution in [0.4, 0.5) is 0 Å². The second kappa shape index (κ2) is 7.29. The molecule has 0 bridgehead atoms. The van der Waals surface area contributed by atoms with Gasteiger partial charge in [0.15, 0.2) is 0 Å². The molecule has 0 saturated carbocycles. The van der Waals surface area contributed by atoms with Crippen LogP contribution in [0.3, 0.4) is 0 Å². The Morgan fingerprint density at radius 1 is 1.33 bits per heavy atom. The number of rotatable bonds is 5. The van der Waals surface area contributed by atoms with Gasteiger partial charge in [0.2, 0.25) is 11.8 Å².